The lowest BCUT2D eigenvalue weighted by Gasteiger charge is -2.05. The third-order valence-corrected chi connectivity index (χ3v) is 2.97. The zero-order valence-electron chi connectivity index (χ0n) is 11.0. The van der Waals surface area contributed by atoms with E-state index in [-0.39, 0.29) is 0 Å². The smallest absolute Gasteiger partial charge is 0.0962 e. The summed E-state index contributed by atoms with van der Waals surface area (Å²) >= 11 is 0. The Balaban J connectivity index is 2.02. The second-order valence-corrected chi connectivity index (χ2v) is 4.23. The molecule has 6 heteroatoms. The lowest BCUT2D eigenvalue weighted by atomic mass is 10.3. The maximum absolute atomic E-state index is 5.50. The SMILES string of the molecule is CCc1cc(CC)n(CCn2cc(CN)nn2)n1. The van der Waals surface area contributed by atoms with Gasteiger partial charge in [-0.3, -0.25) is 9.36 Å². The van der Waals surface area contributed by atoms with Crippen molar-refractivity contribution in [3.05, 3.63) is 29.3 Å². The Morgan fingerprint density at radius 2 is 2.00 bits per heavy atom. The molecule has 0 aromatic carbocycles. The number of hydrogen-bond acceptors (Lipinski definition) is 4. The molecule has 18 heavy (non-hydrogen) atoms. The molecule has 0 aliphatic heterocycles. The van der Waals surface area contributed by atoms with Crippen LogP contribution in [-0.4, -0.2) is 24.8 Å². The van der Waals surface area contributed by atoms with Gasteiger partial charge in [-0.05, 0) is 18.9 Å². The summed E-state index contributed by atoms with van der Waals surface area (Å²) in [5.74, 6) is 0. The molecule has 0 amide bonds. The number of hydrogen-bond donors (Lipinski definition) is 1. The molecule has 0 unspecified atom stereocenters. The van der Waals surface area contributed by atoms with Gasteiger partial charge in [0.2, 0.25) is 0 Å². The van der Waals surface area contributed by atoms with Crippen LogP contribution in [0, 0.1) is 0 Å². The minimum absolute atomic E-state index is 0.433. The maximum Gasteiger partial charge on any atom is 0.0962 e. The van der Waals surface area contributed by atoms with Crippen LogP contribution in [0.5, 0.6) is 0 Å². The molecule has 2 heterocycles. The summed E-state index contributed by atoms with van der Waals surface area (Å²) in [7, 11) is 0. The Kier molecular flexibility index (Phi) is 4.09. The molecular weight excluding hydrogens is 228 g/mol. The number of aryl methyl sites for hydroxylation is 4. The van der Waals surface area contributed by atoms with Crippen molar-refractivity contribution in [2.24, 2.45) is 5.73 Å². The predicted octanol–water partition coefficient (Wildman–Crippen LogP) is 0.758. The monoisotopic (exact) mass is 248 g/mol. The molecule has 2 N–H and O–H groups in total. The van der Waals surface area contributed by atoms with Gasteiger partial charge in [-0.2, -0.15) is 5.10 Å². The summed E-state index contributed by atoms with van der Waals surface area (Å²) in [6.45, 7) is 6.29. The summed E-state index contributed by atoms with van der Waals surface area (Å²) in [5, 5.41) is 12.6. The van der Waals surface area contributed by atoms with Crippen molar-refractivity contribution in [3.63, 3.8) is 0 Å². The minimum atomic E-state index is 0.433. The van der Waals surface area contributed by atoms with Gasteiger partial charge in [0.25, 0.3) is 0 Å². The molecule has 0 fully saturated rings. The lowest BCUT2D eigenvalue weighted by Crippen LogP contribution is -2.11. The molecule has 0 saturated carbocycles. The van der Waals surface area contributed by atoms with Gasteiger partial charge in [-0.25, -0.2) is 0 Å². The van der Waals surface area contributed by atoms with Crippen LogP contribution in [0.3, 0.4) is 0 Å². The Hall–Kier alpha value is -1.69. The van der Waals surface area contributed by atoms with Gasteiger partial charge in [-0.1, -0.05) is 19.1 Å². The highest BCUT2D eigenvalue weighted by molar-refractivity contribution is 5.10. The quantitative estimate of drug-likeness (QED) is 0.819. The molecule has 0 aliphatic rings. The fraction of sp³-hybridized carbons (Fsp3) is 0.583. The average Bonchev–Trinajstić information content (AvgIpc) is 3.02. The summed E-state index contributed by atoms with van der Waals surface area (Å²) in [4.78, 5) is 0. The average molecular weight is 248 g/mol. The van der Waals surface area contributed by atoms with Crippen LogP contribution in [0.15, 0.2) is 12.3 Å². The molecule has 0 aliphatic carbocycles. The number of nitrogens with two attached hydrogens (primary N) is 1. The van der Waals surface area contributed by atoms with E-state index < -0.39 is 0 Å². The highest BCUT2D eigenvalue weighted by Crippen LogP contribution is 2.06. The van der Waals surface area contributed by atoms with Crippen molar-refractivity contribution >= 4 is 0 Å². The van der Waals surface area contributed by atoms with Crippen molar-refractivity contribution < 1.29 is 0 Å². The molecule has 0 saturated heterocycles. The first-order valence-electron chi connectivity index (χ1n) is 6.41. The van der Waals surface area contributed by atoms with Crippen LogP contribution in [0.2, 0.25) is 0 Å². The van der Waals surface area contributed by atoms with E-state index in [2.05, 4.69) is 40.0 Å². The number of aromatic nitrogens is 5. The Bertz CT molecular complexity index is 498. The van der Waals surface area contributed by atoms with Gasteiger partial charge in [0.05, 0.1) is 24.5 Å². The van der Waals surface area contributed by atoms with Gasteiger partial charge in [-0.15, -0.1) is 5.10 Å². The number of nitrogens with zero attached hydrogens (tertiary/aromatic N) is 5. The maximum atomic E-state index is 5.50. The largest absolute Gasteiger partial charge is 0.325 e. The van der Waals surface area contributed by atoms with Crippen LogP contribution in [0.25, 0.3) is 0 Å². The van der Waals surface area contributed by atoms with Gasteiger partial charge in [0.1, 0.15) is 0 Å². The Labute approximate surface area is 107 Å². The van der Waals surface area contributed by atoms with Gasteiger partial charge in [0, 0.05) is 18.4 Å². The first-order valence-corrected chi connectivity index (χ1v) is 6.41. The zero-order valence-corrected chi connectivity index (χ0v) is 11.0. The van der Waals surface area contributed by atoms with Crippen LogP contribution >= 0.6 is 0 Å². The Morgan fingerprint density at radius 3 is 2.61 bits per heavy atom. The van der Waals surface area contributed by atoms with Crippen molar-refractivity contribution in [1.29, 1.82) is 0 Å². The second kappa shape index (κ2) is 5.77. The topological polar surface area (TPSA) is 74.5 Å². The van der Waals surface area contributed by atoms with E-state index in [9.17, 15) is 0 Å². The first-order chi connectivity index (χ1) is 8.76. The normalized spacial score (nSPS) is 11.1. The molecule has 6 nitrogen and oxygen atoms in total. The van der Waals surface area contributed by atoms with E-state index in [0.717, 1.165) is 37.3 Å². The van der Waals surface area contributed by atoms with E-state index in [0.29, 0.717) is 6.54 Å². The molecule has 0 radical (unpaired) electrons. The Morgan fingerprint density at radius 1 is 1.17 bits per heavy atom. The first kappa shape index (κ1) is 12.8. The zero-order chi connectivity index (χ0) is 13.0. The van der Waals surface area contributed by atoms with Gasteiger partial charge >= 0.3 is 0 Å². The molecule has 98 valence electrons. The van der Waals surface area contributed by atoms with E-state index in [4.69, 9.17) is 5.73 Å². The second-order valence-electron chi connectivity index (χ2n) is 4.23. The molecule has 2 aromatic rings. The fourth-order valence-corrected chi connectivity index (χ4v) is 1.90. The van der Waals surface area contributed by atoms with Gasteiger partial charge in [0.15, 0.2) is 0 Å². The molecule has 2 aromatic heterocycles. The van der Waals surface area contributed by atoms with Crippen LogP contribution in [0.1, 0.15) is 30.9 Å². The van der Waals surface area contributed by atoms with E-state index in [1.165, 1.54) is 5.69 Å². The van der Waals surface area contributed by atoms with Crippen LogP contribution in [0.4, 0.5) is 0 Å². The molecular formula is C12H20N6. The van der Waals surface area contributed by atoms with E-state index in [1.54, 1.807) is 0 Å². The highest BCUT2D eigenvalue weighted by atomic mass is 15.4. The molecule has 2 rings (SSSR count). The van der Waals surface area contributed by atoms with E-state index in [1.807, 2.05) is 10.9 Å². The molecule has 0 atom stereocenters. The van der Waals surface area contributed by atoms with Crippen molar-refractivity contribution in [2.75, 3.05) is 0 Å². The van der Waals surface area contributed by atoms with Crippen LogP contribution in [-0.2, 0) is 32.5 Å². The highest BCUT2D eigenvalue weighted by Gasteiger charge is 2.06. The third-order valence-electron chi connectivity index (χ3n) is 2.97. The minimum Gasteiger partial charge on any atom is -0.325 e. The third kappa shape index (κ3) is 2.76. The summed E-state index contributed by atoms with van der Waals surface area (Å²) < 4.78 is 3.87. The summed E-state index contributed by atoms with van der Waals surface area (Å²) in [6.07, 6.45) is 3.86. The van der Waals surface area contributed by atoms with Crippen molar-refractivity contribution in [3.8, 4) is 0 Å². The summed E-state index contributed by atoms with van der Waals surface area (Å²) in [5.41, 5.74) is 8.74. The lowest BCUT2D eigenvalue weighted by molar-refractivity contribution is 0.477. The summed E-state index contributed by atoms with van der Waals surface area (Å²) in [6, 6.07) is 2.17. The van der Waals surface area contributed by atoms with E-state index >= 15 is 0 Å². The van der Waals surface area contributed by atoms with Crippen molar-refractivity contribution in [1.82, 2.24) is 24.8 Å². The van der Waals surface area contributed by atoms with Crippen molar-refractivity contribution in [2.45, 2.75) is 46.3 Å². The van der Waals surface area contributed by atoms with Crippen LogP contribution < -0.4 is 5.73 Å². The fourth-order valence-electron chi connectivity index (χ4n) is 1.90. The standard InChI is InChI=1S/C12H20N6/c1-3-10-7-12(4-2)18(15-10)6-5-17-9-11(8-13)14-16-17/h7,9H,3-6,8,13H2,1-2H3. The van der Waals surface area contributed by atoms with Gasteiger partial charge < -0.3 is 5.73 Å². The predicted molar refractivity (Wildman–Crippen MR) is 68.9 cm³/mol. The molecule has 0 spiro atoms. The molecule has 0 bridgehead atoms. The number of rotatable bonds is 6.